The van der Waals surface area contributed by atoms with Gasteiger partial charge in [0, 0.05) is 38.5 Å². The summed E-state index contributed by atoms with van der Waals surface area (Å²) in [5.74, 6) is 0.617. The Hall–Kier alpha value is -1.92. The van der Waals surface area contributed by atoms with E-state index in [1.807, 2.05) is 18.2 Å². The van der Waals surface area contributed by atoms with Gasteiger partial charge in [0.25, 0.3) is 0 Å². The summed E-state index contributed by atoms with van der Waals surface area (Å²) >= 11 is 0. The zero-order valence-corrected chi connectivity index (χ0v) is 22.0. The summed E-state index contributed by atoms with van der Waals surface area (Å²) < 4.78 is 5.62. The number of carbonyl (C=O) groups excluding carboxylic acids is 1. The molecule has 2 aliphatic heterocycles. The third-order valence-corrected chi connectivity index (χ3v) is 8.45. The molecule has 1 aliphatic carbocycles. The van der Waals surface area contributed by atoms with E-state index in [0.29, 0.717) is 23.9 Å². The number of aromatic nitrogens is 1. The fourth-order valence-electron chi connectivity index (χ4n) is 6.44. The predicted molar refractivity (Wildman–Crippen MR) is 141 cm³/mol. The zero-order chi connectivity index (χ0) is 24.5. The molecule has 2 saturated heterocycles. The van der Waals surface area contributed by atoms with Crippen LogP contribution in [0.3, 0.4) is 0 Å². The van der Waals surface area contributed by atoms with Gasteiger partial charge in [-0.3, -0.25) is 9.88 Å². The van der Waals surface area contributed by atoms with Crippen molar-refractivity contribution in [2.75, 3.05) is 33.0 Å². The standard InChI is InChI=1S/C29H46N4O2/c1-3-35-23-32-20-17-29(2,22-32)16-7-10-24-9-6-11-25(15-14-24)27-13-8-19-33(27)28(34)31-21-26-12-4-5-18-30-26/h4-5,9,12,18,25,27H,3,6-8,10-11,13-17,19-23H2,1-2H3,(H,31,34). The number of likely N-dealkylation sites (tertiary alicyclic amines) is 2. The fraction of sp³-hybridized carbons (Fsp3) is 0.724. The molecule has 6 nitrogen and oxygen atoms in total. The first-order valence-electron chi connectivity index (χ1n) is 14.0. The maximum absolute atomic E-state index is 13.0. The molecule has 3 aliphatic rings. The molecule has 35 heavy (non-hydrogen) atoms. The number of pyridine rings is 1. The largest absolute Gasteiger partial charge is 0.366 e. The number of hydrogen-bond donors (Lipinski definition) is 1. The minimum Gasteiger partial charge on any atom is -0.366 e. The highest BCUT2D eigenvalue weighted by Gasteiger charge is 2.35. The SMILES string of the molecule is CCOCN1CCC(C)(CCCC2=CCCC(C3CCCN3C(=O)NCc3ccccn3)CC2)C1. The molecule has 0 spiro atoms. The highest BCUT2D eigenvalue weighted by Crippen LogP contribution is 2.37. The molecule has 3 atom stereocenters. The van der Waals surface area contributed by atoms with Crippen LogP contribution in [0.5, 0.6) is 0 Å². The van der Waals surface area contributed by atoms with E-state index in [-0.39, 0.29) is 6.03 Å². The third kappa shape index (κ3) is 7.53. The lowest BCUT2D eigenvalue weighted by atomic mass is 9.83. The number of ether oxygens (including phenoxy) is 1. The monoisotopic (exact) mass is 482 g/mol. The Bertz CT molecular complexity index is 829. The molecule has 6 heteroatoms. The minimum atomic E-state index is 0.0822. The van der Waals surface area contributed by atoms with Crippen LogP contribution in [-0.4, -0.2) is 59.8 Å². The number of nitrogens with zero attached hydrogens (tertiary/aromatic N) is 3. The lowest BCUT2D eigenvalue weighted by molar-refractivity contribution is 0.0428. The molecule has 194 valence electrons. The summed E-state index contributed by atoms with van der Waals surface area (Å²) in [6.45, 7) is 9.86. The van der Waals surface area contributed by atoms with Crippen LogP contribution in [0.1, 0.15) is 83.7 Å². The number of amides is 2. The number of rotatable bonds is 10. The average molecular weight is 483 g/mol. The van der Waals surface area contributed by atoms with Crippen LogP contribution < -0.4 is 5.32 Å². The first kappa shape index (κ1) is 26.2. The van der Waals surface area contributed by atoms with E-state index in [9.17, 15) is 4.79 Å². The highest BCUT2D eigenvalue weighted by molar-refractivity contribution is 5.74. The second-order valence-corrected chi connectivity index (χ2v) is 11.2. The third-order valence-electron chi connectivity index (χ3n) is 8.45. The zero-order valence-electron chi connectivity index (χ0n) is 22.0. The Morgan fingerprint density at radius 3 is 3.00 bits per heavy atom. The van der Waals surface area contributed by atoms with Crippen molar-refractivity contribution in [3.8, 4) is 0 Å². The molecule has 0 saturated carbocycles. The van der Waals surface area contributed by atoms with Gasteiger partial charge in [-0.1, -0.05) is 24.6 Å². The van der Waals surface area contributed by atoms with Crippen LogP contribution in [0.2, 0.25) is 0 Å². The van der Waals surface area contributed by atoms with Crippen LogP contribution in [-0.2, 0) is 11.3 Å². The normalized spacial score (nSPS) is 27.6. The molecule has 2 fully saturated rings. The second kappa shape index (κ2) is 12.9. The summed E-state index contributed by atoms with van der Waals surface area (Å²) in [5, 5.41) is 3.11. The van der Waals surface area contributed by atoms with E-state index in [1.165, 1.54) is 64.5 Å². The molecule has 4 rings (SSSR count). The lowest BCUT2D eigenvalue weighted by Crippen LogP contribution is -2.45. The summed E-state index contributed by atoms with van der Waals surface area (Å²) in [7, 11) is 0. The van der Waals surface area contributed by atoms with Crippen molar-refractivity contribution in [3.05, 3.63) is 41.7 Å². The van der Waals surface area contributed by atoms with Crippen molar-refractivity contribution in [3.63, 3.8) is 0 Å². The summed E-state index contributed by atoms with van der Waals surface area (Å²) in [4.78, 5) is 21.9. The first-order chi connectivity index (χ1) is 17.1. The van der Waals surface area contributed by atoms with E-state index in [1.54, 1.807) is 11.8 Å². The van der Waals surface area contributed by atoms with E-state index in [2.05, 4.69) is 40.0 Å². The van der Waals surface area contributed by atoms with Crippen molar-refractivity contribution in [2.45, 2.75) is 90.6 Å². The van der Waals surface area contributed by atoms with Crippen LogP contribution in [0.25, 0.3) is 0 Å². The molecule has 1 N–H and O–H groups in total. The van der Waals surface area contributed by atoms with Crippen LogP contribution in [0.4, 0.5) is 4.79 Å². The van der Waals surface area contributed by atoms with Gasteiger partial charge >= 0.3 is 6.03 Å². The first-order valence-corrected chi connectivity index (χ1v) is 14.0. The van der Waals surface area contributed by atoms with Crippen molar-refractivity contribution in [2.24, 2.45) is 11.3 Å². The van der Waals surface area contributed by atoms with Gasteiger partial charge in [-0.15, -0.1) is 0 Å². The molecule has 1 aromatic rings. The molecule has 0 radical (unpaired) electrons. The molecule has 1 aromatic heterocycles. The van der Waals surface area contributed by atoms with Crippen molar-refractivity contribution in [1.29, 1.82) is 0 Å². The summed E-state index contributed by atoms with van der Waals surface area (Å²) in [6.07, 6.45) is 16.5. The topological polar surface area (TPSA) is 57.7 Å². The maximum atomic E-state index is 13.0. The Morgan fingerprint density at radius 2 is 2.17 bits per heavy atom. The van der Waals surface area contributed by atoms with Gasteiger partial charge in [0.1, 0.15) is 0 Å². The molecular weight excluding hydrogens is 436 g/mol. The smallest absolute Gasteiger partial charge is 0.317 e. The van der Waals surface area contributed by atoms with Gasteiger partial charge in [-0.25, -0.2) is 4.79 Å². The van der Waals surface area contributed by atoms with Gasteiger partial charge < -0.3 is 15.0 Å². The average Bonchev–Trinajstić information content (AvgIpc) is 3.43. The number of allylic oxidation sites excluding steroid dienone is 2. The van der Waals surface area contributed by atoms with Crippen molar-refractivity contribution >= 4 is 6.03 Å². The Morgan fingerprint density at radius 1 is 1.26 bits per heavy atom. The molecule has 3 unspecified atom stereocenters. The van der Waals surface area contributed by atoms with Gasteiger partial charge in [0.2, 0.25) is 0 Å². The summed E-state index contributed by atoms with van der Waals surface area (Å²) in [6, 6.07) is 6.31. The number of carbonyl (C=O) groups is 1. The Labute approximate surface area is 212 Å². The minimum absolute atomic E-state index is 0.0822. The lowest BCUT2D eigenvalue weighted by Gasteiger charge is -2.31. The van der Waals surface area contributed by atoms with Gasteiger partial charge in [0.15, 0.2) is 0 Å². The van der Waals surface area contributed by atoms with E-state index in [0.717, 1.165) is 38.4 Å². The highest BCUT2D eigenvalue weighted by atomic mass is 16.5. The number of nitrogens with one attached hydrogen (secondary N) is 1. The van der Waals surface area contributed by atoms with Gasteiger partial charge in [-0.2, -0.15) is 0 Å². The fourth-order valence-corrected chi connectivity index (χ4v) is 6.44. The molecule has 3 heterocycles. The Balaban J connectivity index is 1.19. The molecule has 2 amide bonds. The van der Waals surface area contributed by atoms with E-state index in [4.69, 9.17) is 4.74 Å². The van der Waals surface area contributed by atoms with E-state index < -0.39 is 0 Å². The molecule has 0 aromatic carbocycles. The Kier molecular flexibility index (Phi) is 9.61. The maximum Gasteiger partial charge on any atom is 0.317 e. The number of hydrogen-bond acceptors (Lipinski definition) is 4. The van der Waals surface area contributed by atoms with Crippen molar-refractivity contribution < 1.29 is 9.53 Å². The van der Waals surface area contributed by atoms with Crippen molar-refractivity contribution in [1.82, 2.24) is 20.1 Å². The predicted octanol–water partition coefficient (Wildman–Crippen LogP) is 5.75. The molecule has 0 bridgehead atoms. The van der Waals surface area contributed by atoms with Crippen LogP contribution >= 0.6 is 0 Å². The quantitative estimate of drug-likeness (QED) is 0.432. The van der Waals surface area contributed by atoms with Gasteiger partial charge in [0.05, 0.1) is 19.0 Å². The van der Waals surface area contributed by atoms with Crippen LogP contribution in [0, 0.1) is 11.3 Å². The number of urea groups is 1. The van der Waals surface area contributed by atoms with Crippen LogP contribution in [0.15, 0.2) is 36.0 Å². The second-order valence-electron chi connectivity index (χ2n) is 11.2. The van der Waals surface area contributed by atoms with E-state index >= 15 is 0 Å². The molecular formula is C29H46N4O2. The van der Waals surface area contributed by atoms with Gasteiger partial charge in [-0.05, 0) is 94.6 Å². The summed E-state index contributed by atoms with van der Waals surface area (Å²) in [5.41, 5.74) is 3.01.